The molecule has 0 spiro atoms. The molecule has 1 atom stereocenters. The summed E-state index contributed by atoms with van der Waals surface area (Å²) in [4.78, 5) is 29.8. The number of ketones is 1. The molecule has 5 rings (SSSR count). The summed E-state index contributed by atoms with van der Waals surface area (Å²) in [5.74, 6) is 1.44. The third kappa shape index (κ3) is 3.53. The average molecular weight is 459 g/mol. The average Bonchev–Trinajstić information content (AvgIpc) is 3.18. The van der Waals surface area contributed by atoms with Gasteiger partial charge in [0.2, 0.25) is 11.7 Å². The summed E-state index contributed by atoms with van der Waals surface area (Å²) < 4.78 is 27.6. The number of carbonyl (C=O) groups is 2. The summed E-state index contributed by atoms with van der Waals surface area (Å²) >= 11 is 0. The number of ether oxygens (including phenoxy) is 5. The molecule has 8 nitrogen and oxygen atoms in total. The van der Waals surface area contributed by atoms with Crippen molar-refractivity contribution in [2.45, 2.75) is 12.3 Å². The molecule has 0 bridgehead atoms. The minimum absolute atomic E-state index is 0.0499. The zero-order valence-corrected chi connectivity index (χ0v) is 18.8. The van der Waals surface area contributed by atoms with Crippen LogP contribution in [0.25, 0.3) is 6.08 Å². The Morgan fingerprint density at radius 3 is 2.65 bits per heavy atom. The lowest BCUT2D eigenvalue weighted by atomic mass is 9.85. The lowest BCUT2D eigenvalue weighted by molar-refractivity contribution is -0.140. The predicted octanol–water partition coefficient (Wildman–Crippen LogP) is 4.52. The second-order valence-electron chi connectivity index (χ2n) is 7.74. The third-order valence-electron chi connectivity index (χ3n) is 5.87. The van der Waals surface area contributed by atoms with Gasteiger partial charge in [-0.3, -0.25) is 9.59 Å². The second kappa shape index (κ2) is 8.55. The highest BCUT2D eigenvalue weighted by atomic mass is 16.5. The molecule has 0 saturated carbocycles. The van der Waals surface area contributed by atoms with Gasteiger partial charge < -0.3 is 23.7 Å². The first-order chi connectivity index (χ1) is 16.5. The van der Waals surface area contributed by atoms with E-state index in [0.29, 0.717) is 45.6 Å². The Bertz CT molecular complexity index is 1340. The van der Waals surface area contributed by atoms with Crippen LogP contribution in [0.2, 0.25) is 0 Å². The fraction of sp³-hybridized carbons (Fsp3) is 0.192. The van der Waals surface area contributed by atoms with E-state index in [0.717, 1.165) is 5.56 Å². The van der Waals surface area contributed by atoms with Gasteiger partial charge in [-0.25, -0.2) is 4.98 Å². The highest BCUT2D eigenvalue weighted by Gasteiger charge is 2.39. The number of hydrogen-bond acceptors (Lipinski definition) is 8. The molecule has 0 N–H and O–H groups in total. The van der Waals surface area contributed by atoms with Gasteiger partial charge in [0, 0.05) is 23.2 Å². The molecular formula is C26H21NO7. The number of aromatic nitrogens is 1. The van der Waals surface area contributed by atoms with Crippen LogP contribution >= 0.6 is 0 Å². The maximum atomic E-state index is 13.2. The molecule has 34 heavy (non-hydrogen) atoms. The number of Topliss-reactive ketones (excluding diaryl/α,β-unsaturated/α-hetero) is 1. The van der Waals surface area contributed by atoms with Crippen LogP contribution in [-0.2, 0) is 9.53 Å². The molecule has 8 heteroatoms. The highest BCUT2D eigenvalue weighted by Crippen LogP contribution is 2.52. The van der Waals surface area contributed by atoms with Gasteiger partial charge in [-0.15, -0.1) is 0 Å². The van der Waals surface area contributed by atoms with E-state index in [9.17, 15) is 9.59 Å². The molecule has 2 aliphatic rings. The number of methoxy groups -OCH3 is 3. The van der Waals surface area contributed by atoms with Crippen molar-refractivity contribution < 1.29 is 33.3 Å². The maximum Gasteiger partial charge on any atom is 0.306 e. The number of nitrogens with zero attached hydrogens (tertiary/aromatic N) is 1. The van der Waals surface area contributed by atoms with E-state index >= 15 is 0 Å². The van der Waals surface area contributed by atoms with Gasteiger partial charge in [-0.05, 0) is 42.0 Å². The normalized spacial score (nSPS) is 16.6. The summed E-state index contributed by atoms with van der Waals surface area (Å²) in [5, 5.41) is 0. The highest BCUT2D eigenvalue weighted by molar-refractivity contribution is 6.15. The van der Waals surface area contributed by atoms with Gasteiger partial charge in [0.25, 0.3) is 0 Å². The van der Waals surface area contributed by atoms with E-state index in [1.807, 2.05) is 6.07 Å². The molecule has 0 amide bonds. The number of fused-ring (bicyclic) bond motifs is 4. The van der Waals surface area contributed by atoms with Crippen molar-refractivity contribution in [3.8, 4) is 28.9 Å². The van der Waals surface area contributed by atoms with Crippen LogP contribution in [0.5, 0.6) is 28.9 Å². The molecule has 0 aliphatic carbocycles. The lowest BCUT2D eigenvalue weighted by Gasteiger charge is -2.27. The fourth-order valence-corrected chi connectivity index (χ4v) is 4.24. The molecule has 2 aliphatic heterocycles. The fourth-order valence-electron chi connectivity index (χ4n) is 4.24. The summed E-state index contributed by atoms with van der Waals surface area (Å²) in [7, 11) is 4.44. The van der Waals surface area contributed by atoms with E-state index < -0.39 is 11.9 Å². The lowest BCUT2D eigenvalue weighted by Crippen LogP contribution is -2.16. The van der Waals surface area contributed by atoms with E-state index in [4.69, 9.17) is 23.7 Å². The van der Waals surface area contributed by atoms with Crippen LogP contribution in [0.3, 0.4) is 0 Å². The monoisotopic (exact) mass is 459 g/mol. The Morgan fingerprint density at radius 2 is 1.88 bits per heavy atom. The third-order valence-corrected chi connectivity index (χ3v) is 5.87. The second-order valence-corrected chi connectivity index (χ2v) is 7.74. The first-order valence-electron chi connectivity index (χ1n) is 10.6. The van der Waals surface area contributed by atoms with Crippen molar-refractivity contribution in [2.75, 3.05) is 21.3 Å². The molecular weight excluding hydrogens is 438 g/mol. The first-order valence-corrected chi connectivity index (χ1v) is 10.6. The zero-order chi connectivity index (χ0) is 23.8. The van der Waals surface area contributed by atoms with Crippen LogP contribution in [-0.4, -0.2) is 38.1 Å². The van der Waals surface area contributed by atoms with Crippen molar-refractivity contribution >= 4 is 17.8 Å². The van der Waals surface area contributed by atoms with Gasteiger partial charge in [0.05, 0.1) is 33.3 Å². The number of hydrogen-bond donors (Lipinski definition) is 0. The number of pyridine rings is 1. The Labute approximate surface area is 195 Å². The summed E-state index contributed by atoms with van der Waals surface area (Å²) in [5.41, 5.74) is 2.45. The van der Waals surface area contributed by atoms with Gasteiger partial charge in [0.1, 0.15) is 11.5 Å². The van der Waals surface area contributed by atoms with Gasteiger partial charge in [-0.1, -0.05) is 12.1 Å². The van der Waals surface area contributed by atoms with Gasteiger partial charge in [-0.2, -0.15) is 0 Å². The van der Waals surface area contributed by atoms with Crippen molar-refractivity contribution in [1.29, 1.82) is 0 Å². The molecule has 2 aromatic carbocycles. The number of rotatable bonds is 5. The predicted molar refractivity (Wildman–Crippen MR) is 122 cm³/mol. The molecule has 0 saturated heterocycles. The largest absolute Gasteiger partial charge is 0.493 e. The van der Waals surface area contributed by atoms with Gasteiger partial charge in [0.15, 0.2) is 17.3 Å². The number of allylic oxidation sites excluding steroid dienone is 1. The van der Waals surface area contributed by atoms with E-state index in [1.165, 1.54) is 7.11 Å². The number of esters is 1. The number of benzene rings is 2. The van der Waals surface area contributed by atoms with E-state index in [1.54, 1.807) is 62.9 Å². The summed E-state index contributed by atoms with van der Waals surface area (Å²) in [6.07, 6.45) is 3.32. The van der Waals surface area contributed by atoms with Gasteiger partial charge >= 0.3 is 5.97 Å². The van der Waals surface area contributed by atoms with Crippen LogP contribution in [0.4, 0.5) is 0 Å². The smallest absolute Gasteiger partial charge is 0.306 e. The molecule has 1 aromatic heterocycles. The quantitative estimate of drug-likeness (QED) is 0.406. The molecule has 3 aromatic rings. The molecule has 3 heterocycles. The van der Waals surface area contributed by atoms with Crippen LogP contribution in [0.15, 0.2) is 54.4 Å². The van der Waals surface area contributed by atoms with Crippen LogP contribution < -0.4 is 18.9 Å². The molecule has 172 valence electrons. The van der Waals surface area contributed by atoms with Crippen LogP contribution in [0.1, 0.15) is 39.4 Å². The number of carbonyl (C=O) groups excluding carboxylic acids is 2. The Hall–Kier alpha value is -4.33. The molecule has 0 radical (unpaired) electrons. The maximum absolute atomic E-state index is 13.2. The molecule has 0 fully saturated rings. The van der Waals surface area contributed by atoms with Crippen molar-refractivity contribution in [3.63, 3.8) is 0 Å². The zero-order valence-electron chi connectivity index (χ0n) is 18.8. The topological polar surface area (TPSA) is 93.2 Å². The van der Waals surface area contributed by atoms with Crippen molar-refractivity contribution in [1.82, 2.24) is 4.98 Å². The Kier molecular flexibility index (Phi) is 5.41. The standard InChI is InChI=1S/C26H21NO7/c1-30-18-8-6-14(11-20(18)31-2)12-21-24(29)16-7-9-19-23(25(16)33-21)17(13-22(28)32-3)15-5-4-10-27-26(15)34-19/h4-12,17H,13H2,1-3H3. The van der Waals surface area contributed by atoms with E-state index in [-0.39, 0.29) is 18.0 Å². The molecule has 1 unspecified atom stereocenters. The first kappa shape index (κ1) is 21.5. The van der Waals surface area contributed by atoms with Crippen molar-refractivity contribution in [2.24, 2.45) is 0 Å². The Balaban J connectivity index is 1.58. The summed E-state index contributed by atoms with van der Waals surface area (Å²) in [6.45, 7) is 0. The SMILES string of the molecule is COC(=O)CC1c2cccnc2Oc2ccc3c(c21)OC(=Cc1ccc(OC)c(OC)c1)C3=O. The van der Waals surface area contributed by atoms with E-state index in [2.05, 4.69) is 4.98 Å². The van der Waals surface area contributed by atoms with Crippen LogP contribution in [0, 0.1) is 0 Å². The summed E-state index contributed by atoms with van der Waals surface area (Å²) in [6, 6.07) is 12.3. The minimum atomic E-state index is -0.442. The Morgan fingerprint density at radius 1 is 1.06 bits per heavy atom. The minimum Gasteiger partial charge on any atom is -0.493 e. The van der Waals surface area contributed by atoms with Crippen molar-refractivity contribution in [3.05, 3.63) is 76.7 Å².